The van der Waals surface area contributed by atoms with Gasteiger partial charge in [0.1, 0.15) is 5.84 Å². The van der Waals surface area contributed by atoms with Crippen molar-refractivity contribution in [1.29, 1.82) is 5.41 Å². The van der Waals surface area contributed by atoms with Crippen molar-refractivity contribution in [1.82, 2.24) is 4.90 Å². The Kier molecular flexibility index (Phi) is 8.61. The van der Waals surface area contributed by atoms with Gasteiger partial charge in [-0.3, -0.25) is 15.1 Å². The number of amides is 3. The molecule has 0 aliphatic heterocycles. The van der Waals surface area contributed by atoms with E-state index in [2.05, 4.69) is 9.50 Å². The van der Waals surface area contributed by atoms with E-state index in [0.717, 1.165) is 17.2 Å². The van der Waals surface area contributed by atoms with E-state index in [1.807, 2.05) is 0 Å². The van der Waals surface area contributed by atoms with Gasteiger partial charge in [0, 0.05) is 16.8 Å². The molecule has 0 saturated carbocycles. The smallest absolute Gasteiger partial charge is 0.354 e. The average Bonchev–Trinajstić information content (AvgIpc) is 2.86. The van der Waals surface area contributed by atoms with Gasteiger partial charge in [-0.2, -0.15) is 8.42 Å². The summed E-state index contributed by atoms with van der Waals surface area (Å²) in [6.07, 6.45) is -0.359. The van der Waals surface area contributed by atoms with Crippen LogP contribution < -0.4 is 11.1 Å². The molecular weight excluding hydrogens is 512 g/mol. The number of benzene rings is 3. The van der Waals surface area contributed by atoms with Crippen LogP contribution in [0, 0.1) is 5.41 Å². The van der Waals surface area contributed by atoms with Gasteiger partial charge >= 0.3 is 22.1 Å². The Bertz CT molecular complexity index is 1470. The maximum atomic E-state index is 13.4. The van der Waals surface area contributed by atoms with Crippen LogP contribution in [0.5, 0.6) is 0 Å². The Morgan fingerprint density at radius 1 is 1.03 bits per heavy atom. The number of nitrogens with zero attached hydrogens (tertiary/aromatic N) is 1. The van der Waals surface area contributed by atoms with Crippen LogP contribution in [0.25, 0.3) is 11.1 Å². The number of anilines is 1. The van der Waals surface area contributed by atoms with E-state index in [0.29, 0.717) is 22.4 Å². The van der Waals surface area contributed by atoms with Gasteiger partial charge in [-0.25, -0.2) is 9.59 Å². The summed E-state index contributed by atoms with van der Waals surface area (Å²) in [5, 5.41) is 19.9. The van der Waals surface area contributed by atoms with Crippen LogP contribution >= 0.6 is 0 Å². The number of urea groups is 1. The summed E-state index contributed by atoms with van der Waals surface area (Å²) < 4.78 is 27.8. The molecule has 0 saturated heterocycles. The lowest BCUT2D eigenvalue weighted by Gasteiger charge is -2.23. The van der Waals surface area contributed by atoms with Crippen molar-refractivity contribution in [2.75, 3.05) is 18.1 Å². The Balaban J connectivity index is 1.98. The highest BCUT2D eigenvalue weighted by Gasteiger charge is 2.27. The van der Waals surface area contributed by atoms with E-state index in [9.17, 15) is 27.9 Å². The molecule has 198 valence electrons. The number of carbonyl (C=O) groups is 3. The molecule has 3 aromatic rings. The fourth-order valence-electron chi connectivity index (χ4n) is 3.50. The van der Waals surface area contributed by atoms with Crippen LogP contribution in [0.3, 0.4) is 0 Å². The van der Waals surface area contributed by atoms with Gasteiger partial charge in [0.2, 0.25) is 0 Å². The minimum absolute atomic E-state index is 0.118. The number of rotatable bonds is 8. The van der Waals surface area contributed by atoms with E-state index < -0.39 is 34.1 Å². The number of carbonyl (C=O) groups excluding carboxylic acids is 3. The molecule has 3 rings (SSSR count). The molecule has 0 aliphatic carbocycles. The molecule has 38 heavy (non-hydrogen) atoms. The summed E-state index contributed by atoms with van der Waals surface area (Å²) in [6.45, 7) is 1.02. The topological polar surface area (TPSA) is 180 Å². The number of nitrogens with two attached hydrogens (primary N) is 1. The third-order valence-corrected chi connectivity index (χ3v) is 5.64. The monoisotopic (exact) mass is 538 g/mol. The highest BCUT2D eigenvalue weighted by Crippen LogP contribution is 2.27. The standard InChI is InChI=1S/C26H26N4O7S/c1-16(31)15-30(26(34)29-20-11-8-18(9-12-20)23(27)28)24(32)19-10-13-21(17-6-4-3-5-7-17)22(14-19)25(33)37-38(2,35)36/h3-14,16,31H,15H2,1-2H3,(H3,27,28)(H,29,34). The highest BCUT2D eigenvalue weighted by molar-refractivity contribution is 7.86. The molecule has 0 fully saturated rings. The van der Waals surface area contributed by atoms with Crippen LogP contribution in [0.4, 0.5) is 10.5 Å². The number of amidine groups is 1. The van der Waals surface area contributed by atoms with Crippen molar-refractivity contribution < 1.29 is 32.1 Å². The molecule has 0 radical (unpaired) electrons. The fraction of sp³-hybridized carbons (Fsp3) is 0.154. The lowest BCUT2D eigenvalue weighted by Crippen LogP contribution is -2.43. The molecule has 3 aromatic carbocycles. The number of imide groups is 1. The van der Waals surface area contributed by atoms with E-state index in [1.54, 1.807) is 30.3 Å². The maximum absolute atomic E-state index is 13.4. The van der Waals surface area contributed by atoms with Crippen molar-refractivity contribution in [3.05, 3.63) is 89.5 Å². The number of nitrogen functional groups attached to an aromatic ring is 1. The SMILES string of the molecule is CC(O)CN(C(=O)Nc1ccc(C(=N)N)cc1)C(=O)c1ccc(-c2ccccc2)c(C(=O)OS(C)(=O)=O)c1. The average molecular weight is 539 g/mol. The lowest BCUT2D eigenvalue weighted by molar-refractivity contribution is 0.0728. The Labute approximate surface area is 219 Å². The molecule has 0 bridgehead atoms. The van der Waals surface area contributed by atoms with E-state index in [1.165, 1.54) is 43.3 Å². The normalized spacial score (nSPS) is 11.8. The summed E-state index contributed by atoms with van der Waals surface area (Å²) >= 11 is 0. The molecule has 0 aromatic heterocycles. The second-order valence-corrected chi connectivity index (χ2v) is 9.96. The van der Waals surface area contributed by atoms with Crippen molar-refractivity contribution in [2.45, 2.75) is 13.0 Å². The minimum Gasteiger partial charge on any atom is -0.392 e. The summed E-state index contributed by atoms with van der Waals surface area (Å²) in [5.41, 5.74) is 6.74. The lowest BCUT2D eigenvalue weighted by atomic mass is 9.97. The summed E-state index contributed by atoms with van der Waals surface area (Å²) in [7, 11) is -4.16. The van der Waals surface area contributed by atoms with Gasteiger partial charge in [-0.15, -0.1) is 0 Å². The second kappa shape index (κ2) is 11.7. The number of aliphatic hydroxyl groups excluding tert-OH is 1. The predicted octanol–water partition coefficient (Wildman–Crippen LogP) is 2.81. The molecule has 12 heteroatoms. The van der Waals surface area contributed by atoms with Crippen molar-refractivity contribution in [3.63, 3.8) is 0 Å². The van der Waals surface area contributed by atoms with Gasteiger partial charge in [0.15, 0.2) is 0 Å². The van der Waals surface area contributed by atoms with Gasteiger partial charge < -0.3 is 20.3 Å². The van der Waals surface area contributed by atoms with Crippen molar-refractivity contribution >= 4 is 39.5 Å². The van der Waals surface area contributed by atoms with Crippen molar-refractivity contribution in [3.8, 4) is 11.1 Å². The first-order chi connectivity index (χ1) is 17.9. The van der Waals surface area contributed by atoms with Crippen LogP contribution in [-0.2, 0) is 14.3 Å². The van der Waals surface area contributed by atoms with Gasteiger partial charge in [0.25, 0.3) is 5.91 Å². The molecule has 3 amide bonds. The number of hydrogen-bond acceptors (Lipinski definition) is 8. The maximum Gasteiger partial charge on any atom is 0.354 e. The zero-order valence-corrected chi connectivity index (χ0v) is 21.4. The summed E-state index contributed by atoms with van der Waals surface area (Å²) in [6, 6.07) is 17.7. The first-order valence-corrected chi connectivity index (χ1v) is 13.1. The molecule has 0 aliphatic rings. The van der Waals surface area contributed by atoms with Gasteiger partial charge in [-0.05, 0) is 54.4 Å². The number of aliphatic hydroxyl groups is 1. The van der Waals surface area contributed by atoms with E-state index >= 15 is 0 Å². The van der Waals surface area contributed by atoms with Gasteiger partial charge in [0.05, 0.1) is 24.5 Å². The zero-order valence-electron chi connectivity index (χ0n) is 20.5. The number of nitrogens with one attached hydrogen (secondary N) is 2. The first-order valence-electron chi connectivity index (χ1n) is 11.2. The summed E-state index contributed by atoms with van der Waals surface area (Å²) in [5.74, 6) is -2.20. The Hall–Kier alpha value is -4.55. The van der Waals surface area contributed by atoms with E-state index in [4.69, 9.17) is 11.1 Å². The summed E-state index contributed by atoms with van der Waals surface area (Å²) in [4.78, 5) is 39.9. The van der Waals surface area contributed by atoms with Crippen LogP contribution in [0.1, 0.15) is 33.2 Å². The largest absolute Gasteiger partial charge is 0.392 e. The minimum atomic E-state index is -4.16. The third-order valence-electron chi connectivity index (χ3n) is 5.18. The molecule has 11 nitrogen and oxygen atoms in total. The molecule has 0 spiro atoms. The molecule has 5 N–H and O–H groups in total. The third kappa shape index (κ3) is 7.24. The highest BCUT2D eigenvalue weighted by atomic mass is 32.2. The quantitative estimate of drug-likeness (QED) is 0.192. The predicted molar refractivity (Wildman–Crippen MR) is 141 cm³/mol. The fourth-order valence-corrected chi connectivity index (χ4v) is 3.86. The van der Waals surface area contributed by atoms with Crippen LogP contribution in [0.2, 0.25) is 0 Å². The van der Waals surface area contributed by atoms with Crippen LogP contribution in [0.15, 0.2) is 72.8 Å². The zero-order chi connectivity index (χ0) is 28.0. The number of hydrogen-bond donors (Lipinski definition) is 4. The van der Waals surface area contributed by atoms with Crippen molar-refractivity contribution in [2.24, 2.45) is 5.73 Å². The first kappa shape index (κ1) is 28.0. The van der Waals surface area contributed by atoms with E-state index in [-0.39, 0.29) is 23.5 Å². The van der Waals surface area contributed by atoms with Gasteiger partial charge in [-0.1, -0.05) is 36.4 Å². The molecular formula is C26H26N4O7S. The molecule has 0 heterocycles. The van der Waals surface area contributed by atoms with Crippen LogP contribution in [-0.4, -0.2) is 61.1 Å². The molecule has 1 unspecified atom stereocenters. The Morgan fingerprint density at radius 2 is 1.63 bits per heavy atom. The molecule has 1 atom stereocenters. The second-order valence-electron chi connectivity index (χ2n) is 8.39. The Morgan fingerprint density at radius 3 is 2.18 bits per heavy atom.